The Bertz CT molecular complexity index is 737. The minimum Gasteiger partial charge on any atom is -0.399 e. The number of benzene rings is 1. The Morgan fingerprint density at radius 2 is 1.31 bits per heavy atom. The van der Waals surface area contributed by atoms with E-state index in [1.165, 1.54) is 39.3 Å². The van der Waals surface area contributed by atoms with Gasteiger partial charge in [-0.1, -0.05) is 0 Å². The molecule has 1 amide bonds. The van der Waals surface area contributed by atoms with Gasteiger partial charge in [0.15, 0.2) is 0 Å². The van der Waals surface area contributed by atoms with E-state index in [-0.39, 0.29) is 23.0 Å². The number of piperazine rings is 1. The van der Waals surface area contributed by atoms with Crippen LogP contribution in [0.3, 0.4) is 0 Å². The number of nitrogen functional groups attached to an aromatic ring is 2. The second-order valence-electron chi connectivity index (χ2n) is 11.3. The first-order valence-electron chi connectivity index (χ1n) is 13.0. The minimum absolute atomic E-state index is 0.00552. The zero-order valence-corrected chi connectivity index (χ0v) is 22.4. The molecule has 0 atom stereocenters. The molecule has 1 aromatic carbocycles. The van der Waals surface area contributed by atoms with E-state index in [0.29, 0.717) is 16.9 Å². The van der Waals surface area contributed by atoms with Crippen molar-refractivity contribution in [3.63, 3.8) is 0 Å². The van der Waals surface area contributed by atoms with Gasteiger partial charge in [-0.05, 0) is 97.8 Å². The van der Waals surface area contributed by atoms with Gasteiger partial charge in [-0.2, -0.15) is 0 Å². The van der Waals surface area contributed by atoms with E-state index < -0.39 is 0 Å². The third-order valence-electron chi connectivity index (χ3n) is 6.59. The van der Waals surface area contributed by atoms with Crippen LogP contribution >= 0.6 is 0 Å². The van der Waals surface area contributed by atoms with Crippen LogP contribution in [0.1, 0.15) is 63.7 Å². The average Bonchev–Trinajstić information content (AvgIpc) is 2.74. The fraction of sp³-hybridized carbons (Fsp3) is 0.731. The molecule has 2 heterocycles. The first-order chi connectivity index (χ1) is 16.4. The Morgan fingerprint density at radius 3 is 1.71 bits per heavy atom. The van der Waals surface area contributed by atoms with Gasteiger partial charge in [0.05, 0.1) is 0 Å². The monoisotopic (exact) mass is 490 g/mol. The third-order valence-corrected chi connectivity index (χ3v) is 6.59. The molecule has 9 heteroatoms. The fourth-order valence-corrected chi connectivity index (χ4v) is 5.37. The van der Waals surface area contributed by atoms with Gasteiger partial charge in [-0.3, -0.25) is 4.79 Å². The summed E-state index contributed by atoms with van der Waals surface area (Å²) in [6, 6.07) is 5.09. The van der Waals surface area contributed by atoms with Gasteiger partial charge in [0, 0.05) is 60.2 Å². The highest BCUT2D eigenvalue weighted by Crippen LogP contribution is 2.28. The molecule has 0 spiro atoms. The molecule has 0 radical (unpaired) electrons. The fourth-order valence-electron chi connectivity index (χ4n) is 5.37. The van der Waals surface area contributed by atoms with E-state index in [1.807, 2.05) is 0 Å². The van der Waals surface area contributed by atoms with Crippen molar-refractivity contribution in [3.05, 3.63) is 23.8 Å². The Labute approximate surface area is 212 Å². The maximum atomic E-state index is 12.4. The Balaban J connectivity index is 0.000000269. The van der Waals surface area contributed by atoms with Crippen molar-refractivity contribution >= 4 is 17.3 Å². The molecule has 9 nitrogen and oxygen atoms in total. The lowest BCUT2D eigenvalue weighted by Gasteiger charge is -2.46. The molecule has 0 saturated carbocycles. The maximum absolute atomic E-state index is 12.4. The number of hydrogen-bond acceptors (Lipinski definition) is 8. The summed E-state index contributed by atoms with van der Waals surface area (Å²) in [5.41, 5.74) is 24.0. The molecule has 35 heavy (non-hydrogen) atoms. The molecule has 200 valence electrons. The first kappa shape index (κ1) is 29.3. The molecule has 3 rings (SSSR count). The number of rotatable bonds is 8. The van der Waals surface area contributed by atoms with Crippen molar-refractivity contribution in [2.24, 2.45) is 11.5 Å². The van der Waals surface area contributed by atoms with Crippen LogP contribution in [0.2, 0.25) is 0 Å². The van der Waals surface area contributed by atoms with E-state index in [2.05, 4.69) is 48.1 Å². The standard InChI is InChI=1S/C16H26N4O.C10H24N4/c1-15(2)8-13(9-16(3,4)20-15)19-14(21)10-5-11(17)7-12(18)6-10;11-3-1-5-13-7-9-14(10-8-13)6-2-4-12/h5-7,13,20H,8-9,17-18H2,1-4H3,(H,19,21);1-12H2. The summed E-state index contributed by atoms with van der Waals surface area (Å²) in [6.07, 6.45) is 4.03. The van der Waals surface area contributed by atoms with Crippen LogP contribution in [-0.2, 0) is 0 Å². The summed E-state index contributed by atoms with van der Waals surface area (Å²) in [6.45, 7) is 17.4. The molecular formula is C26H50N8O. The van der Waals surface area contributed by atoms with E-state index in [4.69, 9.17) is 22.9 Å². The topological polar surface area (TPSA) is 152 Å². The zero-order chi connectivity index (χ0) is 26.1. The van der Waals surface area contributed by atoms with Gasteiger partial charge < -0.3 is 43.4 Å². The van der Waals surface area contributed by atoms with Crippen molar-refractivity contribution in [1.82, 2.24) is 20.4 Å². The largest absolute Gasteiger partial charge is 0.399 e. The van der Waals surface area contributed by atoms with E-state index in [9.17, 15) is 4.79 Å². The van der Waals surface area contributed by atoms with Crippen LogP contribution in [0, 0.1) is 0 Å². The van der Waals surface area contributed by atoms with Gasteiger partial charge in [0.2, 0.25) is 0 Å². The number of nitrogens with one attached hydrogen (secondary N) is 2. The smallest absolute Gasteiger partial charge is 0.251 e. The van der Waals surface area contributed by atoms with Crippen molar-refractivity contribution < 1.29 is 4.79 Å². The molecule has 0 aliphatic carbocycles. The molecule has 2 aliphatic heterocycles. The second-order valence-corrected chi connectivity index (χ2v) is 11.3. The van der Waals surface area contributed by atoms with Gasteiger partial charge in [-0.15, -0.1) is 0 Å². The lowest BCUT2D eigenvalue weighted by molar-refractivity contribution is 0.0873. The van der Waals surface area contributed by atoms with Crippen LogP contribution in [0.15, 0.2) is 18.2 Å². The van der Waals surface area contributed by atoms with Crippen molar-refractivity contribution in [3.8, 4) is 0 Å². The van der Waals surface area contributed by atoms with E-state index >= 15 is 0 Å². The zero-order valence-electron chi connectivity index (χ0n) is 22.4. The highest BCUT2D eigenvalue weighted by atomic mass is 16.1. The molecule has 0 bridgehead atoms. The summed E-state index contributed by atoms with van der Waals surface area (Å²) >= 11 is 0. The molecule has 2 aliphatic rings. The molecule has 1 aromatic rings. The predicted octanol–water partition coefficient (Wildman–Crippen LogP) is 1.19. The predicted molar refractivity (Wildman–Crippen MR) is 147 cm³/mol. The second kappa shape index (κ2) is 13.4. The van der Waals surface area contributed by atoms with Crippen LogP contribution in [0.25, 0.3) is 0 Å². The van der Waals surface area contributed by atoms with Gasteiger partial charge >= 0.3 is 0 Å². The number of carbonyl (C=O) groups excluding carboxylic acids is 1. The average molecular weight is 491 g/mol. The summed E-state index contributed by atoms with van der Waals surface area (Å²) in [5.74, 6) is -0.118. The first-order valence-corrected chi connectivity index (χ1v) is 13.0. The van der Waals surface area contributed by atoms with Gasteiger partial charge in [0.25, 0.3) is 5.91 Å². The van der Waals surface area contributed by atoms with E-state index in [1.54, 1.807) is 18.2 Å². The molecular weight excluding hydrogens is 440 g/mol. The number of amides is 1. The SMILES string of the molecule is CC1(C)CC(NC(=O)c2cc(N)cc(N)c2)CC(C)(C)N1.NCCCN1CCN(CCCN)CC1. The third kappa shape index (κ3) is 10.7. The van der Waals surface area contributed by atoms with Crippen LogP contribution in [0.5, 0.6) is 0 Å². The summed E-state index contributed by atoms with van der Waals surface area (Å²) in [7, 11) is 0. The van der Waals surface area contributed by atoms with Gasteiger partial charge in [0.1, 0.15) is 0 Å². The number of anilines is 2. The highest BCUT2D eigenvalue weighted by Gasteiger charge is 2.38. The minimum atomic E-state index is -0.118. The van der Waals surface area contributed by atoms with Crippen LogP contribution < -0.4 is 33.6 Å². The molecule has 2 fully saturated rings. The van der Waals surface area contributed by atoms with Crippen LogP contribution in [0.4, 0.5) is 11.4 Å². The number of piperidine rings is 1. The lowest BCUT2D eigenvalue weighted by atomic mass is 9.79. The lowest BCUT2D eigenvalue weighted by Crippen LogP contribution is -2.62. The summed E-state index contributed by atoms with van der Waals surface area (Å²) in [4.78, 5) is 17.4. The van der Waals surface area contributed by atoms with Crippen LogP contribution in [-0.4, -0.2) is 85.2 Å². The maximum Gasteiger partial charge on any atom is 0.251 e. The molecule has 2 saturated heterocycles. The molecule has 0 unspecified atom stereocenters. The van der Waals surface area contributed by atoms with Crippen molar-refractivity contribution in [1.29, 1.82) is 0 Å². The van der Waals surface area contributed by atoms with E-state index in [0.717, 1.165) is 38.8 Å². The normalized spacial score (nSPS) is 20.6. The van der Waals surface area contributed by atoms with Gasteiger partial charge in [-0.25, -0.2) is 0 Å². The van der Waals surface area contributed by atoms with Crippen molar-refractivity contribution in [2.45, 2.75) is 70.5 Å². The number of nitrogens with zero attached hydrogens (tertiary/aromatic N) is 2. The Hall–Kier alpha value is -1.91. The Kier molecular flexibility index (Phi) is 11.2. The number of nitrogens with two attached hydrogens (primary N) is 4. The Morgan fingerprint density at radius 1 is 0.886 bits per heavy atom. The molecule has 10 N–H and O–H groups in total. The highest BCUT2D eigenvalue weighted by molar-refractivity contribution is 5.96. The quantitative estimate of drug-likeness (QED) is 0.297. The molecule has 0 aromatic heterocycles. The summed E-state index contributed by atoms with van der Waals surface area (Å²) in [5, 5.41) is 6.71. The summed E-state index contributed by atoms with van der Waals surface area (Å²) < 4.78 is 0. The number of carbonyl (C=O) groups is 1. The van der Waals surface area contributed by atoms with Crippen molar-refractivity contribution in [2.75, 3.05) is 63.8 Å². The number of hydrogen-bond donors (Lipinski definition) is 6.